The lowest BCUT2D eigenvalue weighted by Gasteiger charge is -2.22. The van der Waals surface area contributed by atoms with Crippen molar-refractivity contribution in [3.8, 4) is 16.9 Å². The SMILES string of the molecule is COc1ccc(-c2cnn(C)c2)c2nc(NC(=O)C3CC34CCOCC4)[nH]c12. The van der Waals surface area contributed by atoms with Gasteiger partial charge in [-0.15, -0.1) is 0 Å². The van der Waals surface area contributed by atoms with Crippen molar-refractivity contribution in [1.29, 1.82) is 0 Å². The van der Waals surface area contributed by atoms with E-state index in [1.165, 1.54) is 0 Å². The molecule has 28 heavy (non-hydrogen) atoms. The van der Waals surface area contributed by atoms with Gasteiger partial charge in [-0.05, 0) is 36.8 Å². The van der Waals surface area contributed by atoms with E-state index in [0.717, 1.165) is 54.6 Å². The van der Waals surface area contributed by atoms with Gasteiger partial charge in [-0.3, -0.25) is 14.8 Å². The van der Waals surface area contributed by atoms with Crippen LogP contribution in [0.1, 0.15) is 19.3 Å². The van der Waals surface area contributed by atoms with Crippen molar-refractivity contribution < 1.29 is 14.3 Å². The molecule has 1 saturated carbocycles. The molecule has 8 nitrogen and oxygen atoms in total. The Hall–Kier alpha value is -2.87. The first kappa shape index (κ1) is 17.2. The number of ether oxygens (including phenoxy) is 2. The van der Waals surface area contributed by atoms with Crippen LogP contribution in [0.15, 0.2) is 24.5 Å². The molecule has 1 amide bonds. The van der Waals surface area contributed by atoms with Crippen LogP contribution in [-0.2, 0) is 16.6 Å². The van der Waals surface area contributed by atoms with Crippen molar-refractivity contribution >= 4 is 22.9 Å². The fraction of sp³-hybridized carbons (Fsp3) is 0.450. The van der Waals surface area contributed by atoms with E-state index in [9.17, 15) is 4.79 Å². The van der Waals surface area contributed by atoms with Crippen LogP contribution in [0.25, 0.3) is 22.2 Å². The van der Waals surface area contributed by atoms with E-state index in [4.69, 9.17) is 9.47 Å². The molecule has 1 aliphatic carbocycles. The first-order valence-electron chi connectivity index (χ1n) is 9.54. The number of aromatic nitrogens is 4. The van der Waals surface area contributed by atoms with Gasteiger partial charge in [0.15, 0.2) is 0 Å². The van der Waals surface area contributed by atoms with Crippen LogP contribution >= 0.6 is 0 Å². The van der Waals surface area contributed by atoms with E-state index in [1.54, 1.807) is 18.0 Å². The Morgan fingerprint density at radius 2 is 2.21 bits per heavy atom. The minimum Gasteiger partial charge on any atom is -0.494 e. The van der Waals surface area contributed by atoms with Crippen molar-refractivity contribution in [1.82, 2.24) is 19.7 Å². The number of hydrogen-bond acceptors (Lipinski definition) is 5. The lowest BCUT2D eigenvalue weighted by molar-refractivity contribution is -0.118. The minimum atomic E-state index is 0.0304. The number of aryl methyl sites for hydroxylation is 1. The fourth-order valence-corrected chi connectivity index (χ4v) is 4.34. The minimum absolute atomic E-state index is 0.0304. The third kappa shape index (κ3) is 2.75. The predicted molar refractivity (Wildman–Crippen MR) is 104 cm³/mol. The largest absolute Gasteiger partial charge is 0.494 e. The van der Waals surface area contributed by atoms with E-state index in [-0.39, 0.29) is 17.2 Å². The first-order valence-corrected chi connectivity index (χ1v) is 9.54. The molecule has 1 aromatic carbocycles. The van der Waals surface area contributed by atoms with Crippen LogP contribution < -0.4 is 10.1 Å². The Bertz CT molecular complexity index is 1050. The summed E-state index contributed by atoms with van der Waals surface area (Å²) in [4.78, 5) is 20.7. The molecular formula is C20H23N5O3. The Morgan fingerprint density at radius 1 is 1.39 bits per heavy atom. The molecule has 2 fully saturated rings. The van der Waals surface area contributed by atoms with Crippen LogP contribution in [0.2, 0.25) is 0 Å². The predicted octanol–water partition coefficient (Wildman–Crippen LogP) is 2.73. The number of hydrogen-bond donors (Lipinski definition) is 2. The van der Waals surface area contributed by atoms with Crippen LogP contribution in [0, 0.1) is 11.3 Å². The van der Waals surface area contributed by atoms with E-state index >= 15 is 0 Å². The smallest absolute Gasteiger partial charge is 0.230 e. The number of amides is 1. The maximum absolute atomic E-state index is 12.8. The summed E-state index contributed by atoms with van der Waals surface area (Å²) in [7, 11) is 3.50. The highest BCUT2D eigenvalue weighted by atomic mass is 16.5. The molecule has 5 rings (SSSR count). The number of imidazole rings is 1. The monoisotopic (exact) mass is 381 g/mol. The average Bonchev–Trinajstić information content (AvgIpc) is 3.03. The standard InChI is InChI=1S/C20H23N5O3/c1-25-11-12(10-21-25)13-3-4-15(27-2)17-16(13)22-19(23-17)24-18(26)14-9-20(14)5-7-28-8-6-20/h3-4,10-11,14H,5-9H2,1-2H3,(H2,22,23,24,26). The number of nitrogens with zero attached hydrogens (tertiary/aromatic N) is 3. The number of benzene rings is 1. The van der Waals surface area contributed by atoms with Gasteiger partial charge in [-0.2, -0.15) is 5.10 Å². The molecule has 146 valence electrons. The van der Waals surface area contributed by atoms with Crippen molar-refractivity contribution in [2.75, 3.05) is 25.6 Å². The number of anilines is 1. The second kappa shape index (κ2) is 6.34. The zero-order valence-electron chi connectivity index (χ0n) is 16.0. The van der Waals surface area contributed by atoms with Gasteiger partial charge in [0.2, 0.25) is 11.9 Å². The molecule has 2 aliphatic rings. The van der Waals surface area contributed by atoms with Gasteiger partial charge in [0.1, 0.15) is 16.8 Å². The molecule has 1 spiro atoms. The first-order chi connectivity index (χ1) is 13.6. The van der Waals surface area contributed by atoms with Gasteiger partial charge in [0.05, 0.1) is 13.3 Å². The van der Waals surface area contributed by atoms with Gasteiger partial charge >= 0.3 is 0 Å². The average molecular weight is 381 g/mol. The molecule has 0 radical (unpaired) electrons. The maximum atomic E-state index is 12.8. The number of rotatable bonds is 4. The summed E-state index contributed by atoms with van der Waals surface area (Å²) in [6.45, 7) is 1.50. The molecule has 8 heteroatoms. The zero-order valence-corrected chi connectivity index (χ0v) is 16.0. The number of carbonyl (C=O) groups is 1. The third-order valence-electron chi connectivity index (χ3n) is 6.08. The molecule has 1 aliphatic heterocycles. The lowest BCUT2D eigenvalue weighted by atomic mass is 9.94. The van der Waals surface area contributed by atoms with Crippen molar-refractivity contribution in [3.05, 3.63) is 24.5 Å². The molecule has 1 saturated heterocycles. The molecule has 0 bridgehead atoms. The van der Waals surface area contributed by atoms with Crippen LogP contribution in [0.4, 0.5) is 5.95 Å². The molecule has 1 unspecified atom stereocenters. The number of methoxy groups -OCH3 is 1. The molecule has 2 N–H and O–H groups in total. The lowest BCUT2D eigenvalue weighted by Crippen LogP contribution is -2.24. The number of fused-ring (bicyclic) bond motifs is 1. The summed E-state index contributed by atoms with van der Waals surface area (Å²) in [5, 5.41) is 7.22. The van der Waals surface area contributed by atoms with Gasteiger partial charge in [0, 0.05) is 43.5 Å². The number of nitrogens with one attached hydrogen (secondary N) is 2. The second-order valence-electron chi connectivity index (χ2n) is 7.75. The number of H-pyrrole nitrogens is 1. The second-order valence-corrected chi connectivity index (χ2v) is 7.75. The highest BCUT2D eigenvalue weighted by Crippen LogP contribution is 2.59. The van der Waals surface area contributed by atoms with Crippen molar-refractivity contribution in [2.45, 2.75) is 19.3 Å². The Labute approximate surface area is 162 Å². The summed E-state index contributed by atoms with van der Waals surface area (Å²) < 4.78 is 12.7. The van der Waals surface area contributed by atoms with Gasteiger partial charge in [-0.1, -0.05) is 0 Å². The van der Waals surface area contributed by atoms with E-state index in [2.05, 4.69) is 20.4 Å². The number of carbonyl (C=O) groups excluding carboxylic acids is 1. The summed E-state index contributed by atoms with van der Waals surface area (Å²) in [6.07, 6.45) is 6.60. The third-order valence-corrected chi connectivity index (χ3v) is 6.08. The van der Waals surface area contributed by atoms with E-state index in [0.29, 0.717) is 11.7 Å². The summed E-state index contributed by atoms with van der Waals surface area (Å²) in [5.74, 6) is 1.21. The van der Waals surface area contributed by atoms with Gasteiger partial charge in [0.25, 0.3) is 0 Å². The molecule has 3 heterocycles. The van der Waals surface area contributed by atoms with Crippen LogP contribution in [-0.4, -0.2) is 46.0 Å². The van der Waals surface area contributed by atoms with E-state index < -0.39 is 0 Å². The summed E-state index contributed by atoms with van der Waals surface area (Å²) in [6, 6.07) is 3.86. The normalized spacial score (nSPS) is 20.4. The van der Waals surface area contributed by atoms with Crippen molar-refractivity contribution in [2.24, 2.45) is 18.4 Å². The Kier molecular flexibility index (Phi) is 3.90. The molecule has 1 atom stereocenters. The maximum Gasteiger partial charge on any atom is 0.230 e. The summed E-state index contributed by atoms with van der Waals surface area (Å²) >= 11 is 0. The Morgan fingerprint density at radius 3 is 2.93 bits per heavy atom. The fourth-order valence-electron chi connectivity index (χ4n) is 4.34. The zero-order chi connectivity index (χ0) is 19.3. The Balaban J connectivity index is 1.45. The van der Waals surface area contributed by atoms with Gasteiger partial charge < -0.3 is 14.5 Å². The quantitative estimate of drug-likeness (QED) is 0.725. The highest BCUT2D eigenvalue weighted by molar-refractivity contribution is 5.99. The molecule has 2 aromatic heterocycles. The van der Waals surface area contributed by atoms with Crippen molar-refractivity contribution in [3.63, 3.8) is 0 Å². The van der Waals surface area contributed by atoms with E-state index in [1.807, 2.05) is 25.4 Å². The molecule has 3 aromatic rings. The molecular weight excluding hydrogens is 358 g/mol. The highest BCUT2D eigenvalue weighted by Gasteiger charge is 2.58. The van der Waals surface area contributed by atoms with Gasteiger partial charge in [-0.25, -0.2) is 4.98 Å². The summed E-state index contributed by atoms with van der Waals surface area (Å²) in [5.41, 5.74) is 3.54. The topological polar surface area (TPSA) is 94.1 Å². The number of aromatic amines is 1. The van der Waals surface area contributed by atoms with Crippen LogP contribution in [0.5, 0.6) is 5.75 Å². The van der Waals surface area contributed by atoms with Crippen LogP contribution in [0.3, 0.4) is 0 Å².